The van der Waals surface area contributed by atoms with Gasteiger partial charge in [-0.15, -0.1) is 10.2 Å². The van der Waals surface area contributed by atoms with Crippen LogP contribution in [-0.2, 0) is 11.9 Å². The van der Waals surface area contributed by atoms with E-state index < -0.39 is 11.7 Å². The van der Waals surface area contributed by atoms with E-state index >= 15 is 0 Å². The van der Waals surface area contributed by atoms with E-state index in [1.54, 1.807) is 7.11 Å². The first-order chi connectivity index (χ1) is 15.8. The third-order valence-electron chi connectivity index (χ3n) is 5.14. The van der Waals surface area contributed by atoms with Crippen LogP contribution in [0.5, 0.6) is 5.75 Å². The van der Waals surface area contributed by atoms with Crippen LogP contribution in [-0.4, -0.2) is 31.8 Å². The van der Waals surface area contributed by atoms with Gasteiger partial charge in [-0.25, -0.2) is 0 Å². The largest absolute Gasteiger partial charge is 0.497 e. The van der Waals surface area contributed by atoms with Crippen LogP contribution in [0.2, 0.25) is 0 Å². The van der Waals surface area contributed by atoms with E-state index in [9.17, 15) is 13.2 Å². The number of halogens is 3. The number of fused-ring (bicyclic) bond motifs is 3. The second-order valence-electron chi connectivity index (χ2n) is 7.26. The highest BCUT2D eigenvalue weighted by atomic mass is 32.2. The summed E-state index contributed by atoms with van der Waals surface area (Å²) in [6, 6.07) is 12.4. The Bertz CT molecular complexity index is 1460. The molecule has 0 aliphatic heterocycles. The van der Waals surface area contributed by atoms with Gasteiger partial charge in [-0.1, -0.05) is 29.1 Å². The van der Waals surface area contributed by atoms with Crippen LogP contribution in [0.4, 0.5) is 13.2 Å². The minimum atomic E-state index is -4.40. The number of methoxy groups -OCH3 is 1. The third kappa shape index (κ3) is 3.99. The fourth-order valence-corrected chi connectivity index (χ4v) is 4.28. The van der Waals surface area contributed by atoms with E-state index in [1.165, 1.54) is 23.9 Å². The standard InChI is InChI=1S/C22H16F3N5O2S/c1-12-9-18-27-28-21(30(18)17-10-15(31-2)7-8-16(12)17)33-11-19-26-20(29-32-19)13-3-5-14(6-4-13)22(23,24)25/h3-10H,11H2,1-2H3. The van der Waals surface area contributed by atoms with Gasteiger partial charge >= 0.3 is 6.18 Å². The maximum Gasteiger partial charge on any atom is 0.416 e. The van der Waals surface area contributed by atoms with Gasteiger partial charge in [0.1, 0.15) is 5.75 Å². The van der Waals surface area contributed by atoms with Gasteiger partial charge in [-0.3, -0.25) is 4.40 Å². The fourth-order valence-electron chi connectivity index (χ4n) is 3.49. The molecule has 0 spiro atoms. The molecule has 5 aromatic rings. The lowest BCUT2D eigenvalue weighted by Gasteiger charge is -2.09. The lowest BCUT2D eigenvalue weighted by atomic mass is 10.1. The first-order valence-corrected chi connectivity index (χ1v) is 10.8. The minimum Gasteiger partial charge on any atom is -0.497 e. The van der Waals surface area contributed by atoms with Crippen LogP contribution in [0.15, 0.2) is 58.2 Å². The lowest BCUT2D eigenvalue weighted by molar-refractivity contribution is -0.137. The van der Waals surface area contributed by atoms with Crippen molar-refractivity contribution in [3.63, 3.8) is 0 Å². The Kier molecular flexibility index (Phi) is 5.20. The molecule has 3 aromatic heterocycles. The van der Waals surface area contributed by atoms with Crippen LogP contribution in [0, 0.1) is 6.92 Å². The zero-order valence-electron chi connectivity index (χ0n) is 17.4. The van der Waals surface area contributed by atoms with Gasteiger partial charge in [0.15, 0.2) is 10.8 Å². The summed E-state index contributed by atoms with van der Waals surface area (Å²) in [7, 11) is 1.61. The molecule has 0 atom stereocenters. The number of thioether (sulfide) groups is 1. The predicted octanol–water partition coefficient (Wildman–Crippen LogP) is 5.56. The highest BCUT2D eigenvalue weighted by Gasteiger charge is 2.30. The molecule has 7 nitrogen and oxygen atoms in total. The highest BCUT2D eigenvalue weighted by Crippen LogP contribution is 2.32. The number of hydrogen-bond acceptors (Lipinski definition) is 7. The summed E-state index contributed by atoms with van der Waals surface area (Å²) in [5.74, 6) is 1.57. The summed E-state index contributed by atoms with van der Waals surface area (Å²) in [4.78, 5) is 4.30. The van der Waals surface area contributed by atoms with Gasteiger partial charge in [0.05, 0.1) is 23.9 Å². The van der Waals surface area contributed by atoms with Crippen LogP contribution in [0.3, 0.4) is 0 Å². The Labute approximate surface area is 189 Å². The Hall–Kier alpha value is -3.60. The van der Waals surface area contributed by atoms with E-state index in [0.717, 1.165) is 34.3 Å². The van der Waals surface area contributed by atoms with Gasteiger partial charge in [-0.05, 0) is 42.8 Å². The molecule has 0 bridgehead atoms. The van der Waals surface area contributed by atoms with E-state index in [0.29, 0.717) is 28.0 Å². The van der Waals surface area contributed by atoms with Crippen LogP contribution < -0.4 is 4.74 Å². The first-order valence-electron chi connectivity index (χ1n) is 9.79. The summed E-state index contributed by atoms with van der Waals surface area (Å²) in [6.07, 6.45) is -4.40. The number of ether oxygens (including phenoxy) is 1. The molecule has 0 aliphatic rings. The number of hydrogen-bond donors (Lipinski definition) is 0. The maximum absolute atomic E-state index is 12.8. The normalized spacial score (nSPS) is 12.0. The van der Waals surface area contributed by atoms with Gasteiger partial charge in [0.25, 0.3) is 0 Å². The molecule has 2 aromatic carbocycles. The SMILES string of the molecule is COc1ccc2c(C)cc3nnc(SCc4nc(-c5ccc(C(F)(F)F)cc5)no4)n3c2c1. The number of aryl methyl sites for hydroxylation is 1. The minimum absolute atomic E-state index is 0.219. The molecular formula is C22H16F3N5O2S. The zero-order chi connectivity index (χ0) is 23.2. The zero-order valence-corrected chi connectivity index (χ0v) is 18.2. The van der Waals surface area contributed by atoms with E-state index in [2.05, 4.69) is 20.3 Å². The molecule has 0 radical (unpaired) electrons. The number of alkyl halides is 3. The van der Waals surface area contributed by atoms with Crippen molar-refractivity contribution < 1.29 is 22.4 Å². The summed E-state index contributed by atoms with van der Waals surface area (Å²) >= 11 is 1.36. The molecule has 0 unspecified atom stereocenters. The Morgan fingerprint density at radius 1 is 1.06 bits per heavy atom. The summed E-state index contributed by atoms with van der Waals surface area (Å²) < 4.78 is 50.9. The quantitative estimate of drug-likeness (QED) is 0.311. The van der Waals surface area contributed by atoms with E-state index in [-0.39, 0.29) is 5.82 Å². The molecule has 0 N–H and O–H groups in total. The number of aromatic nitrogens is 5. The first kappa shape index (κ1) is 21.3. The van der Waals surface area contributed by atoms with E-state index in [4.69, 9.17) is 9.26 Å². The maximum atomic E-state index is 12.8. The molecule has 0 amide bonds. The molecule has 33 heavy (non-hydrogen) atoms. The topological polar surface area (TPSA) is 78.3 Å². The average molecular weight is 471 g/mol. The Morgan fingerprint density at radius 3 is 2.58 bits per heavy atom. The predicted molar refractivity (Wildman–Crippen MR) is 116 cm³/mol. The molecule has 3 heterocycles. The summed E-state index contributed by atoms with van der Waals surface area (Å²) in [5.41, 5.74) is 2.38. The van der Waals surface area contributed by atoms with Crippen LogP contribution in [0.1, 0.15) is 17.0 Å². The van der Waals surface area contributed by atoms with Crippen molar-refractivity contribution in [1.82, 2.24) is 24.7 Å². The number of nitrogens with zero attached hydrogens (tertiary/aromatic N) is 5. The van der Waals surface area contributed by atoms with Crippen LogP contribution >= 0.6 is 11.8 Å². The monoisotopic (exact) mass is 471 g/mol. The fraction of sp³-hybridized carbons (Fsp3) is 0.182. The third-order valence-corrected chi connectivity index (χ3v) is 6.05. The lowest BCUT2D eigenvalue weighted by Crippen LogP contribution is -2.04. The molecule has 0 saturated carbocycles. The van der Waals surface area contributed by atoms with Crippen molar-refractivity contribution in [2.45, 2.75) is 24.0 Å². The van der Waals surface area contributed by atoms with Crippen molar-refractivity contribution in [2.75, 3.05) is 7.11 Å². The Morgan fingerprint density at radius 2 is 1.85 bits per heavy atom. The van der Waals surface area contributed by atoms with E-state index in [1.807, 2.05) is 35.6 Å². The van der Waals surface area contributed by atoms with Crippen molar-refractivity contribution >= 4 is 28.3 Å². The number of pyridine rings is 1. The van der Waals surface area contributed by atoms with Crippen molar-refractivity contribution in [3.05, 3.63) is 65.5 Å². The van der Waals surface area contributed by atoms with Gasteiger partial charge in [0.2, 0.25) is 11.7 Å². The second kappa shape index (κ2) is 8.07. The van der Waals surface area contributed by atoms with Gasteiger partial charge in [-0.2, -0.15) is 18.2 Å². The number of rotatable bonds is 5. The Balaban J connectivity index is 1.41. The van der Waals surface area contributed by atoms with Crippen LogP contribution in [0.25, 0.3) is 27.9 Å². The van der Waals surface area contributed by atoms with Crippen molar-refractivity contribution in [3.8, 4) is 17.1 Å². The highest BCUT2D eigenvalue weighted by molar-refractivity contribution is 7.98. The summed E-state index contributed by atoms with van der Waals surface area (Å²) in [6.45, 7) is 2.01. The average Bonchev–Trinajstić information content (AvgIpc) is 3.44. The molecule has 168 valence electrons. The molecular weight excluding hydrogens is 455 g/mol. The van der Waals surface area contributed by atoms with Gasteiger partial charge in [0, 0.05) is 17.0 Å². The molecule has 5 rings (SSSR count). The van der Waals surface area contributed by atoms with Crippen molar-refractivity contribution in [1.29, 1.82) is 0 Å². The van der Waals surface area contributed by atoms with Gasteiger partial charge < -0.3 is 9.26 Å². The molecule has 0 saturated heterocycles. The molecule has 0 aliphatic carbocycles. The van der Waals surface area contributed by atoms with Crippen molar-refractivity contribution in [2.24, 2.45) is 0 Å². The smallest absolute Gasteiger partial charge is 0.416 e. The number of benzene rings is 2. The molecule has 0 fully saturated rings. The summed E-state index contributed by atoms with van der Waals surface area (Å²) in [5, 5.41) is 14.1. The second-order valence-corrected chi connectivity index (χ2v) is 8.20. The molecule has 11 heteroatoms.